The van der Waals surface area contributed by atoms with E-state index in [4.69, 9.17) is 9.47 Å². The summed E-state index contributed by atoms with van der Waals surface area (Å²) in [6.45, 7) is 5.00. The standard InChI is InChI=1S/C28H27FN2O4S/c1-17(27(32)30-18(2)20-9-12-23-24(15-20)35-14-13-34-23)26-28(33)31(16-19-7-10-21(29)11-8-19)22-5-3-4-6-25(22)36-26/h3-12,15,17-18,26H,13-14,16H2,1-2H3,(H,30,32)/t17-,18-,26-/m0/s1. The Morgan fingerprint density at radius 2 is 1.78 bits per heavy atom. The molecule has 0 saturated heterocycles. The number of nitrogens with one attached hydrogen (secondary N) is 1. The predicted octanol–water partition coefficient (Wildman–Crippen LogP) is 5.12. The van der Waals surface area contributed by atoms with E-state index in [0.29, 0.717) is 31.3 Å². The zero-order valence-electron chi connectivity index (χ0n) is 20.1. The van der Waals surface area contributed by atoms with Crippen LogP contribution in [-0.2, 0) is 16.1 Å². The number of amides is 2. The largest absolute Gasteiger partial charge is 0.486 e. The Kier molecular flexibility index (Phi) is 6.87. The van der Waals surface area contributed by atoms with E-state index in [1.165, 1.54) is 23.9 Å². The van der Waals surface area contributed by atoms with E-state index < -0.39 is 11.2 Å². The average Bonchev–Trinajstić information content (AvgIpc) is 2.90. The number of carbonyl (C=O) groups excluding carboxylic acids is 2. The first-order chi connectivity index (χ1) is 17.4. The number of thioether (sulfide) groups is 1. The molecule has 36 heavy (non-hydrogen) atoms. The lowest BCUT2D eigenvalue weighted by Gasteiger charge is -2.36. The van der Waals surface area contributed by atoms with Gasteiger partial charge in [-0.1, -0.05) is 37.3 Å². The van der Waals surface area contributed by atoms with Crippen LogP contribution in [-0.4, -0.2) is 30.3 Å². The van der Waals surface area contributed by atoms with Crippen molar-refractivity contribution in [1.29, 1.82) is 0 Å². The van der Waals surface area contributed by atoms with Crippen molar-refractivity contribution in [3.8, 4) is 11.5 Å². The van der Waals surface area contributed by atoms with Gasteiger partial charge in [0.05, 0.1) is 24.2 Å². The highest BCUT2D eigenvalue weighted by molar-refractivity contribution is 8.01. The van der Waals surface area contributed by atoms with Crippen molar-refractivity contribution in [1.82, 2.24) is 5.32 Å². The van der Waals surface area contributed by atoms with Crippen LogP contribution in [0, 0.1) is 11.7 Å². The van der Waals surface area contributed by atoms with Crippen molar-refractivity contribution in [3.63, 3.8) is 0 Å². The van der Waals surface area contributed by atoms with Gasteiger partial charge < -0.3 is 19.7 Å². The van der Waals surface area contributed by atoms with Gasteiger partial charge in [0, 0.05) is 4.90 Å². The third-order valence-electron chi connectivity index (χ3n) is 6.47. The minimum atomic E-state index is -0.590. The van der Waals surface area contributed by atoms with Crippen LogP contribution in [0.1, 0.15) is 31.0 Å². The summed E-state index contributed by atoms with van der Waals surface area (Å²) >= 11 is 1.41. The molecule has 3 aromatic carbocycles. The third kappa shape index (κ3) is 4.91. The van der Waals surface area contributed by atoms with Crippen LogP contribution >= 0.6 is 11.8 Å². The first-order valence-electron chi connectivity index (χ1n) is 11.9. The highest BCUT2D eigenvalue weighted by Gasteiger charge is 2.39. The molecule has 2 aliphatic heterocycles. The highest BCUT2D eigenvalue weighted by atomic mass is 32.2. The number of halogens is 1. The Morgan fingerprint density at radius 3 is 2.56 bits per heavy atom. The summed E-state index contributed by atoms with van der Waals surface area (Å²) in [7, 11) is 0. The van der Waals surface area contributed by atoms with Crippen LogP contribution in [0.2, 0.25) is 0 Å². The molecular formula is C28H27FN2O4S. The lowest BCUT2D eigenvalue weighted by Crippen LogP contribution is -2.47. The molecule has 0 radical (unpaired) electrons. The van der Waals surface area contributed by atoms with Crippen molar-refractivity contribution in [2.24, 2.45) is 5.92 Å². The second kappa shape index (κ2) is 10.2. The number of hydrogen-bond donors (Lipinski definition) is 1. The molecule has 2 amide bonds. The topological polar surface area (TPSA) is 67.9 Å². The van der Waals surface area contributed by atoms with Crippen molar-refractivity contribution < 1.29 is 23.5 Å². The third-order valence-corrected chi connectivity index (χ3v) is 7.93. The molecule has 0 unspecified atom stereocenters. The maximum atomic E-state index is 13.6. The Labute approximate surface area is 213 Å². The first kappa shape index (κ1) is 24.2. The second-order valence-corrected chi connectivity index (χ2v) is 10.2. The summed E-state index contributed by atoms with van der Waals surface area (Å²) in [6.07, 6.45) is 0. The summed E-state index contributed by atoms with van der Waals surface area (Å²) in [5.41, 5.74) is 2.51. The van der Waals surface area contributed by atoms with Crippen LogP contribution in [0.4, 0.5) is 10.1 Å². The zero-order valence-corrected chi connectivity index (χ0v) is 20.9. The molecular weight excluding hydrogens is 479 g/mol. The fraction of sp³-hybridized carbons (Fsp3) is 0.286. The molecule has 1 N–H and O–H groups in total. The molecule has 5 rings (SSSR count). The summed E-state index contributed by atoms with van der Waals surface area (Å²) in [4.78, 5) is 29.6. The number of ether oxygens (including phenoxy) is 2. The number of carbonyl (C=O) groups is 2. The number of hydrogen-bond acceptors (Lipinski definition) is 5. The molecule has 0 saturated carbocycles. The highest BCUT2D eigenvalue weighted by Crippen LogP contribution is 2.42. The smallest absolute Gasteiger partial charge is 0.241 e. The maximum absolute atomic E-state index is 13.6. The zero-order chi connectivity index (χ0) is 25.2. The molecule has 3 aromatic rings. The fourth-order valence-corrected chi connectivity index (χ4v) is 5.67. The molecule has 6 nitrogen and oxygen atoms in total. The van der Waals surface area contributed by atoms with Crippen LogP contribution in [0.15, 0.2) is 71.6 Å². The summed E-state index contributed by atoms with van der Waals surface area (Å²) in [5, 5.41) is 2.46. The molecule has 3 atom stereocenters. The molecule has 0 bridgehead atoms. The van der Waals surface area contributed by atoms with Crippen LogP contribution in [0.3, 0.4) is 0 Å². The average molecular weight is 507 g/mol. The van der Waals surface area contributed by atoms with Gasteiger partial charge in [-0.25, -0.2) is 4.39 Å². The monoisotopic (exact) mass is 506 g/mol. The number of nitrogens with zero attached hydrogens (tertiary/aromatic N) is 1. The minimum Gasteiger partial charge on any atom is -0.486 e. The number of rotatable bonds is 6. The van der Waals surface area contributed by atoms with E-state index in [-0.39, 0.29) is 23.7 Å². The van der Waals surface area contributed by atoms with E-state index in [2.05, 4.69) is 5.32 Å². The number of para-hydroxylation sites is 1. The number of anilines is 1. The van der Waals surface area contributed by atoms with E-state index in [1.807, 2.05) is 49.4 Å². The minimum absolute atomic E-state index is 0.141. The SMILES string of the molecule is C[C@H](NC(=O)[C@@H](C)[C@@H]1Sc2ccccc2N(Cc2ccc(F)cc2)C1=O)c1ccc2c(c1)OCCO2. The van der Waals surface area contributed by atoms with Gasteiger partial charge in [0.15, 0.2) is 11.5 Å². The lowest BCUT2D eigenvalue weighted by atomic mass is 10.0. The van der Waals surface area contributed by atoms with Gasteiger partial charge >= 0.3 is 0 Å². The maximum Gasteiger partial charge on any atom is 0.241 e. The van der Waals surface area contributed by atoms with Crippen molar-refractivity contribution >= 4 is 29.3 Å². The fourth-order valence-electron chi connectivity index (χ4n) is 4.39. The van der Waals surface area contributed by atoms with Crippen molar-refractivity contribution in [2.75, 3.05) is 18.1 Å². The van der Waals surface area contributed by atoms with Crippen LogP contribution < -0.4 is 19.7 Å². The molecule has 0 aliphatic carbocycles. The van der Waals surface area contributed by atoms with E-state index in [9.17, 15) is 14.0 Å². The Balaban J connectivity index is 1.33. The summed E-state index contributed by atoms with van der Waals surface area (Å²) in [5.74, 6) is 0.114. The van der Waals surface area contributed by atoms with Crippen LogP contribution in [0.25, 0.3) is 0 Å². The lowest BCUT2D eigenvalue weighted by molar-refractivity contribution is -0.128. The molecule has 2 aliphatic rings. The summed E-state index contributed by atoms with van der Waals surface area (Å²) < 4.78 is 24.7. The normalized spacial score (nSPS) is 18.2. The predicted molar refractivity (Wildman–Crippen MR) is 137 cm³/mol. The Morgan fingerprint density at radius 1 is 1.06 bits per heavy atom. The second-order valence-electron chi connectivity index (χ2n) is 8.98. The molecule has 8 heteroatoms. The molecule has 0 aromatic heterocycles. The van der Waals surface area contributed by atoms with Gasteiger partial charge in [0.25, 0.3) is 0 Å². The van der Waals surface area contributed by atoms with Gasteiger partial charge in [-0.3, -0.25) is 9.59 Å². The number of fused-ring (bicyclic) bond motifs is 2. The first-order valence-corrected chi connectivity index (χ1v) is 12.8. The van der Waals surface area contributed by atoms with E-state index in [1.54, 1.807) is 24.0 Å². The number of benzene rings is 3. The molecule has 0 spiro atoms. The van der Waals surface area contributed by atoms with Crippen molar-refractivity contribution in [3.05, 3.63) is 83.7 Å². The van der Waals surface area contributed by atoms with Crippen molar-refractivity contribution in [2.45, 2.75) is 36.6 Å². The van der Waals surface area contributed by atoms with Gasteiger partial charge in [0.2, 0.25) is 11.8 Å². The Bertz CT molecular complexity index is 1280. The van der Waals surface area contributed by atoms with Gasteiger partial charge in [0.1, 0.15) is 24.3 Å². The molecule has 0 fully saturated rings. The molecule has 2 heterocycles. The van der Waals surface area contributed by atoms with Gasteiger partial charge in [-0.2, -0.15) is 0 Å². The molecule has 186 valence electrons. The van der Waals surface area contributed by atoms with E-state index >= 15 is 0 Å². The quantitative estimate of drug-likeness (QED) is 0.503. The van der Waals surface area contributed by atoms with Gasteiger partial charge in [-0.15, -0.1) is 11.8 Å². The Hall–Kier alpha value is -3.52. The summed E-state index contributed by atoms with van der Waals surface area (Å²) in [6, 6.07) is 19.1. The van der Waals surface area contributed by atoms with E-state index in [0.717, 1.165) is 21.7 Å². The van der Waals surface area contributed by atoms with Gasteiger partial charge in [-0.05, 0) is 54.4 Å². The van der Waals surface area contributed by atoms with Crippen LogP contribution in [0.5, 0.6) is 11.5 Å².